The van der Waals surface area contributed by atoms with E-state index >= 15 is 0 Å². The van der Waals surface area contributed by atoms with Crippen molar-refractivity contribution in [2.75, 3.05) is 6.61 Å². The second-order valence-electron chi connectivity index (χ2n) is 6.55. The van der Waals surface area contributed by atoms with E-state index in [2.05, 4.69) is 38.1 Å². The summed E-state index contributed by atoms with van der Waals surface area (Å²) in [4.78, 5) is 24.3. The molecule has 2 aromatic carbocycles. The number of nitrogens with one attached hydrogen (secondary N) is 2. The first kappa shape index (κ1) is 20.2. The summed E-state index contributed by atoms with van der Waals surface area (Å²) in [5.41, 5.74) is 3.26. The Bertz CT molecular complexity index is 911. The number of carbonyl (C=O) groups is 2. The molecular weight excluding hydrogens is 370 g/mol. The van der Waals surface area contributed by atoms with E-state index in [9.17, 15) is 9.59 Å². The molecule has 0 aliphatic rings. The van der Waals surface area contributed by atoms with E-state index in [1.54, 1.807) is 6.92 Å². The Labute approximate surface area is 168 Å². The Morgan fingerprint density at radius 1 is 1.07 bits per heavy atom. The highest BCUT2D eigenvalue weighted by Crippen LogP contribution is 2.20. The molecule has 1 heterocycles. The Morgan fingerprint density at radius 2 is 1.79 bits per heavy atom. The van der Waals surface area contributed by atoms with Gasteiger partial charge in [0.1, 0.15) is 0 Å². The topological polar surface area (TPSA) is 110 Å². The molecule has 3 rings (SSSR count). The fourth-order valence-electron chi connectivity index (χ4n) is 3.02. The highest BCUT2D eigenvalue weighted by Gasteiger charge is 2.19. The largest absolute Gasteiger partial charge is 0.466 e. The molecule has 0 aliphatic carbocycles. The predicted molar refractivity (Wildman–Crippen MR) is 107 cm³/mol. The van der Waals surface area contributed by atoms with Crippen molar-refractivity contribution in [2.45, 2.75) is 32.2 Å². The van der Waals surface area contributed by atoms with Gasteiger partial charge in [-0.05, 0) is 30.0 Å². The molecule has 1 amide bonds. The normalized spacial score (nSPS) is 11.6. The maximum absolute atomic E-state index is 12.3. The van der Waals surface area contributed by atoms with Crippen LogP contribution in [0.1, 0.15) is 24.7 Å². The van der Waals surface area contributed by atoms with Crippen molar-refractivity contribution in [3.8, 4) is 11.1 Å². The van der Waals surface area contributed by atoms with Gasteiger partial charge in [0.05, 0.1) is 19.4 Å². The molecular formula is C21H23N5O3. The maximum atomic E-state index is 12.3. The molecule has 0 fully saturated rings. The summed E-state index contributed by atoms with van der Waals surface area (Å²) in [5.74, 6) is -0.329. The van der Waals surface area contributed by atoms with Crippen LogP contribution >= 0.6 is 0 Å². The van der Waals surface area contributed by atoms with Gasteiger partial charge in [-0.25, -0.2) is 0 Å². The molecule has 0 bridgehead atoms. The van der Waals surface area contributed by atoms with Crippen LogP contribution in [0.15, 0.2) is 54.6 Å². The minimum atomic E-state index is -0.393. The van der Waals surface area contributed by atoms with Crippen molar-refractivity contribution in [1.82, 2.24) is 25.9 Å². The minimum absolute atomic E-state index is 0.0111. The van der Waals surface area contributed by atoms with Gasteiger partial charge in [-0.15, -0.1) is 10.2 Å². The van der Waals surface area contributed by atoms with Crippen LogP contribution in [0, 0.1) is 0 Å². The number of aromatic nitrogens is 4. The van der Waals surface area contributed by atoms with Gasteiger partial charge in [-0.2, -0.15) is 5.21 Å². The summed E-state index contributed by atoms with van der Waals surface area (Å²) in [5, 5.41) is 16.2. The number of rotatable bonds is 9. The summed E-state index contributed by atoms with van der Waals surface area (Å²) in [6, 6.07) is 17.8. The second-order valence-corrected chi connectivity index (χ2v) is 6.55. The number of H-pyrrole nitrogens is 1. The molecule has 0 saturated heterocycles. The predicted octanol–water partition coefficient (Wildman–Crippen LogP) is 2.09. The third-order valence-corrected chi connectivity index (χ3v) is 4.33. The molecule has 0 aliphatic heterocycles. The molecule has 1 unspecified atom stereocenters. The SMILES string of the molecule is CCOC(=O)CC(Cc1ccc(-c2ccccc2)cc1)NC(=O)Cc1nn[nH]n1. The van der Waals surface area contributed by atoms with Gasteiger partial charge < -0.3 is 10.1 Å². The van der Waals surface area contributed by atoms with E-state index < -0.39 is 6.04 Å². The van der Waals surface area contributed by atoms with Crippen LogP contribution < -0.4 is 5.32 Å². The monoisotopic (exact) mass is 393 g/mol. The number of aromatic amines is 1. The average molecular weight is 393 g/mol. The number of carbonyl (C=O) groups excluding carboxylic acids is 2. The molecule has 3 aromatic rings. The van der Waals surface area contributed by atoms with Crippen LogP contribution in [0.5, 0.6) is 0 Å². The van der Waals surface area contributed by atoms with Gasteiger partial charge in [-0.3, -0.25) is 9.59 Å². The van der Waals surface area contributed by atoms with E-state index in [1.807, 2.05) is 42.5 Å². The maximum Gasteiger partial charge on any atom is 0.307 e. The van der Waals surface area contributed by atoms with E-state index in [-0.39, 0.29) is 24.7 Å². The fourth-order valence-corrected chi connectivity index (χ4v) is 3.02. The first-order valence-electron chi connectivity index (χ1n) is 9.45. The number of amides is 1. The lowest BCUT2D eigenvalue weighted by atomic mass is 9.99. The van der Waals surface area contributed by atoms with Crippen molar-refractivity contribution in [1.29, 1.82) is 0 Å². The third kappa shape index (κ3) is 6.24. The zero-order valence-electron chi connectivity index (χ0n) is 16.2. The highest BCUT2D eigenvalue weighted by molar-refractivity contribution is 5.79. The van der Waals surface area contributed by atoms with Crippen LogP contribution in [0.2, 0.25) is 0 Å². The van der Waals surface area contributed by atoms with Crippen molar-refractivity contribution in [2.24, 2.45) is 0 Å². The van der Waals surface area contributed by atoms with Crippen LogP contribution in [0.4, 0.5) is 0 Å². The number of benzene rings is 2. The van der Waals surface area contributed by atoms with Gasteiger partial charge in [0, 0.05) is 6.04 Å². The molecule has 2 N–H and O–H groups in total. The van der Waals surface area contributed by atoms with E-state index in [0.29, 0.717) is 18.9 Å². The number of tetrazole rings is 1. The number of hydrogen-bond acceptors (Lipinski definition) is 6. The van der Waals surface area contributed by atoms with Crippen molar-refractivity contribution in [3.63, 3.8) is 0 Å². The molecule has 0 spiro atoms. The summed E-state index contributed by atoms with van der Waals surface area (Å²) in [6.45, 7) is 2.05. The average Bonchev–Trinajstić information content (AvgIpc) is 3.22. The number of nitrogens with zero attached hydrogens (tertiary/aromatic N) is 3. The number of ether oxygens (including phenoxy) is 1. The molecule has 29 heavy (non-hydrogen) atoms. The summed E-state index contributed by atoms with van der Waals surface area (Å²) in [7, 11) is 0. The van der Waals surface area contributed by atoms with Crippen molar-refractivity contribution >= 4 is 11.9 Å². The zero-order chi connectivity index (χ0) is 20.5. The lowest BCUT2D eigenvalue weighted by Gasteiger charge is -2.18. The first-order valence-corrected chi connectivity index (χ1v) is 9.45. The van der Waals surface area contributed by atoms with Crippen LogP contribution in [0.3, 0.4) is 0 Å². The van der Waals surface area contributed by atoms with E-state index in [4.69, 9.17) is 4.74 Å². The zero-order valence-corrected chi connectivity index (χ0v) is 16.2. The van der Waals surface area contributed by atoms with Crippen LogP contribution in [0.25, 0.3) is 11.1 Å². The Hall–Kier alpha value is -3.55. The highest BCUT2D eigenvalue weighted by atomic mass is 16.5. The Morgan fingerprint density at radius 3 is 2.45 bits per heavy atom. The lowest BCUT2D eigenvalue weighted by Crippen LogP contribution is -2.39. The molecule has 8 heteroatoms. The molecule has 0 radical (unpaired) electrons. The smallest absolute Gasteiger partial charge is 0.307 e. The van der Waals surface area contributed by atoms with Crippen LogP contribution in [-0.4, -0.2) is 45.1 Å². The molecule has 0 saturated carbocycles. The Balaban J connectivity index is 1.66. The third-order valence-electron chi connectivity index (χ3n) is 4.33. The van der Waals surface area contributed by atoms with Gasteiger partial charge in [0.25, 0.3) is 0 Å². The fraction of sp³-hybridized carbons (Fsp3) is 0.286. The number of hydrogen-bond donors (Lipinski definition) is 2. The summed E-state index contributed by atoms with van der Waals surface area (Å²) >= 11 is 0. The molecule has 1 atom stereocenters. The van der Waals surface area contributed by atoms with Crippen molar-refractivity contribution in [3.05, 3.63) is 66.0 Å². The van der Waals surface area contributed by atoms with Crippen LogP contribution in [-0.2, 0) is 27.2 Å². The van der Waals surface area contributed by atoms with E-state index in [0.717, 1.165) is 16.7 Å². The van der Waals surface area contributed by atoms with Gasteiger partial charge in [-0.1, -0.05) is 59.8 Å². The molecule has 8 nitrogen and oxygen atoms in total. The number of esters is 1. The van der Waals surface area contributed by atoms with Gasteiger partial charge >= 0.3 is 5.97 Å². The standard InChI is InChI=1S/C21H23N5O3/c1-2-29-21(28)13-18(22-20(27)14-19-23-25-26-24-19)12-15-8-10-17(11-9-15)16-6-4-3-5-7-16/h3-11,18H,2,12-14H2,1H3,(H,22,27)(H,23,24,25,26). The molecule has 1 aromatic heterocycles. The summed E-state index contributed by atoms with van der Waals surface area (Å²) in [6.07, 6.45) is 0.584. The quantitative estimate of drug-likeness (QED) is 0.539. The van der Waals surface area contributed by atoms with Gasteiger partial charge in [0.2, 0.25) is 5.91 Å². The summed E-state index contributed by atoms with van der Waals surface area (Å²) < 4.78 is 5.04. The van der Waals surface area contributed by atoms with Crippen molar-refractivity contribution < 1.29 is 14.3 Å². The second kappa shape index (κ2) is 10.1. The lowest BCUT2D eigenvalue weighted by molar-refractivity contribution is -0.143. The Kier molecular flexibility index (Phi) is 7.05. The van der Waals surface area contributed by atoms with Gasteiger partial charge in [0.15, 0.2) is 5.82 Å². The van der Waals surface area contributed by atoms with E-state index in [1.165, 1.54) is 0 Å². The minimum Gasteiger partial charge on any atom is -0.466 e. The molecule has 150 valence electrons. The first-order chi connectivity index (χ1) is 14.1.